The summed E-state index contributed by atoms with van der Waals surface area (Å²) in [6.07, 6.45) is -0.0882. The molecule has 0 radical (unpaired) electrons. The number of hydrogen-bond donors (Lipinski definition) is 1. The molecule has 6 nitrogen and oxygen atoms in total. The third kappa shape index (κ3) is 3.25. The maximum atomic E-state index is 10.7. The van der Waals surface area contributed by atoms with E-state index in [1.165, 1.54) is 32.7 Å². The van der Waals surface area contributed by atoms with Crippen LogP contribution in [0.5, 0.6) is 17.2 Å². The van der Waals surface area contributed by atoms with Crippen molar-refractivity contribution in [1.29, 1.82) is 0 Å². The Labute approximate surface area is 125 Å². The van der Waals surface area contributed by atoms with Gasteiger partial charge in [-0.2, -0.15) is 0 Å². The van der Waals surface area contributed by atoms with Crippen LogP contribution >= 0.6 is 11.3 Å². The lowest BCUT2D eigenvalue weighted by Gasteiger charge is -2.13. The van der Waals surface area contributed by atoms with Gasteiger partial charge < -0.3 is 19.3 Å². The van der Waals surface area contributed by atoms with Crippen LogP contribution in [-0.4, -0.2) is 37.4 Å². The highest BCUT2D eigenvalue weighted by atomic mass is 32.1. The van der Waals surface area contributed by atoms with Crippen molar-refractivity contribution in [2.24, 2.45) is 0 Å². The largest absolute Gasteiger partial charge is 0.493 e. The number of carboxylic acid groups (broad SMARTS) is 1. The number of hydrogen-bond acceptors (Lipinski definition) is 6. The average molecular weight is 309 g/mol. The Morgan fingerprint density at radius 2 is 1.81 bits per heavy atom. The van der Waals surface area contributed by atoms with E-state index < -0.39 is 5.97 Å². The summed E-state index contributed by atoms with van der Waals surface area (Å²) in [4.78, 5) is 15.0. The minimum absolute atomic E-state index is 0.0882. The Kier molecular flexibility index (Phi) is 4.64. The van der Waals surface area contributed by atoms with Crippen LogP contribution in [0.4, 0.5) is 0 Å². The molecule has 0 aliphatic rings. The molecule has 7 heteroatoms. The first-order valence-corrected chi connectivity index (χ1v) is 6.93. The number of aromatic nitrogens is 1. The zero-order valence-electron chi connectivity index (χ0n) is 11.9. The summed E-state index contributed by atoms with van der Waals surface area (Å²) < 4.78 is 15.8. The van der Waals surface area contributed by atoms with Gasteiger partial charge in [-0.05, 0) is 12.1 Å². The lowest BCUT2D eigenvalue weighted by atomic mass is 10.1. The molecule has 112 valence electrons. The zero-order valence-corrected chi connectivity index (χ0v) is 12.7. The summed E-state index contributed by atoms with van der Waals surface area (Å²) in [7, 11) is 4.61. The van der Waals surface area contributed by atoms with Crippen molar-refractivity contribution in [1.82, 2.24) is 4.98 Å². The molecule has 0 aliphatic carbocycles. The topological polar surface area (TPSA) is 77.9 Å². The van der Waals surface area contributed by atoms with Gasteiger partial charge in [-0.3, -0.25) is 4.79 Å². The molecule has 21 heavy (non-hydrogen) atoms. The number of carboxylic acids is 1. The van der Waals surface area contributed by atoms with Crippen LogP contribution in [0.3, 0.4) is 0 Å². The molecule has 1 aromatic carbocycles. The molecule has 0 saturated heterocycles. The highest BCUT2D eigenvalue weighted by Crippen LogP contribution is 2.41. The number of rotatable bonds is 6. The van der Waals surface area contributed by atoms with E-state index in [1.54, 1.807) is 17.5 Å². The van der Waals surface area contributed by atoms with Crippen molar-refractivity contribution in [2.75, 3.05) is 21.3 Å². The lowest BCUT2D eigenvalue weighted by molar-refractivity contribution is -0.136. The van der Waals surface area contributed by atoms with Crippen LogP contribution < -0.4 is 14.2 Å². The van der Waals surface area contributed by atoms with E-state index >= 15 is 0 Å². The molecule has 0 fully saturated rings. The van der Waals surface area contributed by atoms with Gasteiger partial charge in [-0.25, -0.2) is 4.98 Å². The molecule has 0 aliphatic heterocycles. The monoisotopic (exact) mass is 309 g/mol. The number of methoxy groups -OCH3 is 3. The summed E-state index contributed by atoms with van der Waals surface area (Å²) in [6, 6.07) is 3.56. The molecule has 0 bridgehead atoms. The van der Waals surface area contributed by atoms with Crippen molar-refractivity contribution in [3.8, 4) is 28.5 Å². The first-order chi connectivity index (χ1) is 10.1. The van der Waals surface area contributed by atoms with E-state index in [1.807, 2.05) is 0 Å². The lowest BCUT2D eigenvalue weighted by Crippen LogP contribution is -1.99. The van der Waals surface area contributed by atoms with Crippen molar-refractivity contribution in [2.45, 2.75) is 6.42 Å². The van der Waals surface area contributed by atoms with Gasteiger partial charge >= 0.3 is 5.97 Å². The number of thiazole rings is 1. The summed E-state index contributed by atoms with van der Waals surface area (Å²) in [5.41, 5.74) is 1.45. The molecule has 0 saturated carbocycles. The Bertz CT molecular complexity index is 628. The van der Waals surface area contributed by atoms with Gasteiger partial charge in [-0.1, -0.05) is 0 Å². The predicted molar refractivity (Wildman–Crippen MR) is 78.5 cm³/mol. The van der Waals surface area contributed by atoms with Crippen LogP contribution in [0.1, 0.15) is 5.01 Å². The Balaban J connectivity index is 2.44. The van der Waals surface area contributed by atoms with Crippen LogP contribution in [0.15, 0.2) is 17.5 Å². The number of carbonyl (C=O) groups is 1. The van der Waals surface area contributed by atoms with Crippen molar-refractivity contribution >= 4 is 17.3 Å². The van der Waals surface area contributed by atoms with Gasteiger partial charge in [0.05, 0.1) is 33.4 Å². The van der Waals surface area contributed by atoms with E-state index in [0.29, 0.717) is 28.0 Å². The fourth-order valence-corrected chi connectivity index (χ4v) is 2.68. The highest BCUT2D eigenvalue weighted by Gasteiger charge is 2.16. The minimum Gasteiger partial charge on any atom is -0.493 e. The second-order valence-electron chi connectivity index (χ2n) is 4.11. The summed E-state index contributed by atoms with van der Waals surface area (Å²) in [6.45, 7) is 0. The van der Waals surface area contributed by atoms with Crippen molar-refractivity contribution < 1.29 is 24.1 Å². The SMILES string of the molecule is COc1cc(-c2csc(CC(=O)O)n2)cc(OC)c1OC. The molecule has 0 amide bonds. The van der Waals surface area contributed by atoms with E-state index in [-0.39, 0.29) is 6.42 Å². The maximum absolute atomic E-state index is 10.7. The number of benzene rings is 1. The molecule has 0 unspecified atom stereocenters. The maximum Gasteiger partial charge on any atom is 0.310 e. The molecule has 0 spiro atoms. The van der Waals surface area contributed by atoms with Crippen LogP contribution in [0.2, 0.25) is 0 Å². The first-order valence-electron chi connectivity index (χ1n) is 6.05. The normalized spacial score (nSPS) is 10.2. The van der Waals surface area contributed by atoms with Crippen LogP contribution in [0, 0.1) is 0 Å². The number of nitrogens with zero attached hydrogens (tertiary/aromatic N) is 1. The van der Waals surface area contributed by atoms with Gasteiger partial charge in [0.1, 0.15) is 5.01 Å². The molecule has 2 aromatic rings. The van der Waals surface area contributed by atoms with Gasteiger partial charge in [0.25, 0.3) is 0 Å². The fourth-order valence-electron chi connectivity index (χ4n) is 1.88. The van der Waals surface area contributed by atoms with Crippen LogP contribution in [-0.2, 0) is 11.2 Å². The third-order valence-corrected chi connectivity index (χ3v) is 3.66. The van der Waals surface area contributed by atoms with E-state index in [9.17, 15) is 4.79 Å². The molecule has 2 rings (SSSR count). The number of aliphatic carboxylic acids is 1. The smallest absolute Gasteiger partial charge is 0.310 e. The Morgan fingerprint density at radius 1 is 1.19 bits per heavy atom. The second kappa shape index (κ2) is 6.45. The average Bonchev–Trinajstić information content (AvgIpc) is 2.93. The summed E-state index contributed by atoms with van der Waals surface area (Å²) in [5, 5.41) is 11.1. The molecule has 1 aromatic heterocycles. The minimum atomic E-state index is -0.902. The molecule has 0 atom stereocenters. The molecule has 1 heterocycles. The highest BCUT2D eigenvalue weighted by molar-refractivity contribution is 7.10. The molecular weight excluding hydrogens is 294 g/mol. The van der Waals surface area contributed by atoms with Gasteiger partial charge in [0.2, 0.25) is 5.75 Å². The fraction of sp³-hybridized carbons (Fsp3) is 0.286. The summed E-state index contributed by atoms with van der Waals surface area (Å²) in [5.74, 6) is 0.657. The number of ether oxygens (including phenoxy) is 3. The Morgan fingerprint density at radius 3 is 2.29 bits per heavy atom. The molecular formula is C14H15NO5S. The van der Waals surface area contributed by atoms with Crippen LogP contribution in [0.25, 0.3) is 11.3 Å². The van der Waals surface area contributed by atoms with Gasteiger partial charge in [0, 0.05) is 10.9 Å². The predicted octanol–water partition coefficient (Wildman–Crippen LogP) is 2.46. The molecule has 1 N–H and O–H groups in total. The second-order valence-corrected chi connectivity index (χ2v) is 5.05. The standard InChI is InChI=1S/C14H15NO5S/c1-18-10-4-8(5-11(19-2)14(10)20-3)9-7-21-12(15-9)6-13(16)17/h4-5,7H,6H2,1-3H3,(H,16,17). The van der Waals surface area contributed by atoms with Gasteiger partial charge in [0.15, 0.2) is 11.5 Å². The quantitative estimate of drug-likeness (QED) is 0.883. The Hall–Kier alpha value is -2.28. The van der Waals surface area contributed by atoms with E-state index in [2.05, 4.69) is 4.98 Å². The van der Waals surface area contributed by atoms with Crippen molar-refractivity contribution in [3.05, 3.63) is 22.5 Å². The van der Waals surface area contributed by atoms with E-state index in [0.717, 1.165) is 5.56 Å². The summed E-state index contributed by atoms with van der Waals surface area (Å²) >= 11 is 1.30. The zero-order chi connectivity index (χ0) is 15.4. The van der Waals surface area contributed by atoms with Crippen molar-refractivity contribution in [3.63, 3.8) is 0 Å². The first kappa shape index (κ1) is 15.1. The van der Waals surface area contributed by atoms with E-state index in [4.69, 9.17) is 19.3 Å². The van der Waals surface area contributed by atoms with Gasteiger partial charge in [-0.15, -0.1) is 11.3 Å². The third-order valence-electron chi connectivity index (χ3n) is 2.81.